The number of hydrogen-bond donors (Lipinski definition) is 2. The quantitative estimate of drug-likeness (QED) is 0.642. The van der Waals surface area contributed by atoms with Crippen LogP contribution in [0.5, 0.6) is 5.75 Å². The van der Waals surface area contributed by atoms with E-state index in [1.807, 2.05) is 24.3 Å². The Hall–Kier alpha value is -1.85. The summed E-state index contributed by atoms with van der Waals surface area (Å²) < 4.78 is 0.959. The van der Waals surface area contributed by atoms with E-state index >= 15 is 0 Å². The summed E-state index contributed by atoms with van der Waals surface area (Å²) in [5.74, 6) is -0.194. The summed E-state index contributed by atoms with van der Waals surface area (Å²) in [5.41, 5.74) is 3.73. The standard InChI is InChI=1S/C15H12BrClN2O2/c16-12-3-1-10(2-4-12)7-15(21)19-18-9-11-8-13(17)5-6-14(11)20/h1-6,8-9,20H,7H2,(H,19,21). The highest BCUT2D eigenvalue weighted by Gasteiger charge is 2.02. The molecule has 0 saturated heterocycles. The van der Waals surface area contributed by atoms with Crippen LogP contribution >= 0.6 is 27.5 Å². The van der Waals surface area contributed by atoms with Gasteiger partial charge >= 0.3 is 0 Å². The fourth-order valence-corrected chi connectivity index (χ4v) is 2.07. The Bertz CT molecular complexity index is 672. The van der Waals surface area contributed by atoms with Crippen LogP contribution in [0.25, 0.3) is 0 Å². The molecule has 0 fully saturated rings. The molecule has 21 heavy (non-hydrogen) atoms. The number of amides is 1. The van der Waals surface area contributed by atoms with Crippen molar-refractivity contribution in [3.05, 3.63) is 63.1 Å². The van der Waals surface area contributed by atoms with Crippen molar-refractivity contribution >= 4 is 39.7 Å². The number of carbonyl (C=O) groups is 1. The Labute approximate surface area is 135 Å². The van der Waals surface area contributed by atoms with Crippen molar-refractivity contribution < 1.29 is 9.90 Å². The largest absolute Gasteiger partial charge is 0.507 e. The Balaban J connectivity index is 1.93. The molecule has 0 unspecified atom stereocenters. The summed E-state index contributed by atoms with van der Waals surface area (Å²) >= 11 is 9.15. The van der Waals surface area contributed by atoms with Crippen LogP contribution in [0.15, 0.2) is 52.0 Å². The molecule has 4 nitrogen and oxygen atoms in total. The van der Waals surface area contributed by atoms with Gasteiger partial charge in [0.2, 0.25) is 5.91 Å². The van der Waals surface area contributed by atoms with E-state index in [1.165, 1.54) is 12.3 Å². The fraction of sp³-hybridized carbons (Fsp3) is 0.0667. The predicted octanol–water partition coefficient (Wildman–Crippen LogP) is 3.50. The monoisotopic (exact) mass is 366 g/mol. The first-order chi connectivity index (χ1) is 10.0. The Morgan fingerprint density at radius 2 is 2.00 bits per heavy atom. The smallest absolute Gasteiger partial charge is 0.244 e. The zero-order chi connectivity index (χ0) is 15.2. The van der Waals surface area contributed by atoms with Crippen LogP contribution in [0.3, 0.4) is 0 Å². The number of hydrazone groups is 1. The lowest BCUT2D eigenvalue weighted by Crippen LogP contribution is -2.19. The van der Waals surface area contributed by atoms with Gasteiger partial charge in [0.05, 0.1) is 12.6 Å². The first-order valence-corrected chi connectivity index (χ1v) is 7.26. The molecule has 2 aromatic carbocycles. The van der Waals surface area contributed by atoms with E-state index in [4.69, 9.17) is 11.6 Å². The van der Waals surface area contributed by atoms with Crippen molar-refractivity contribution in [1.82, 2.24) is 5.43 Å². The molecule has 0 radical (unpaired) electrons. The van der Waals surface area contributed by atoms with Gasteiger partial charge in [-0.1, -0.05) is 39.7 Å². The highest BCUT2D eigenvalue weighted by Crippen LogP contribution is 2.19. The van der Waals surface area contributed by atoms with Gasteiger partial charge in [-0.25, -0.2) is 5.43 Å². The van der Waals surface area contributed by atoms with Crippen molar-refractivity contribution in [3.63, 3.8) is 0 Å². The summed E-state index contributed by atoms with van der Waals surface area (Å²) in [7, 11) is 0. The van der Waals surface area contributed by atoms with Gasteiger partial charge in [-0.15, -0.1) is 0 Å². The Morgan fingerprint density at radius 3 is 2.71 bits per heavy atom. The third kappa shape index (κ3) is 4.88. The lowest BCUT2D eigenvalue weighted by molar-refractivity contribution is -0.120. The second-order valence-corrected chi connectivity index (χ2v) is 5.65. The van der Waals surface area contributed by atoms with Crippen LogP contribution in [-0.2, 0) is 11.2 Å². The summed E-state index contributed by atoms with van der Waals surface area (Å²) in [4.78, 5) is 11.7. The molecule has 2 rings (SSSR count). The van der Waals surface area contributed by atoms with Crippen molar-refractivity contribution in [1.29, 1.82) is 0 Å². The predicted molar refractivity (Wildman–Crippen MR) is 86.7 cm³/mol. The van der Waals surface area contributed by atoms with Crippen molar-refractivity contribution in [2.24, 2.45) is 5.10 Å². The summed E-state index contributed by atoms with van der Waals surface area (Å²) in [6.07, 6.45) is 1.58. The molecular weight excluding hydrogens is 356 g/mol. The molecule has 2 N–H and O–H groups in total. The molecule has 0 spiro atoms. The third-order valence-electron chi connectivity index (χ3n) is 2.66. The summed E-state index contributed by atoms with van der Waals surface area (Å²) in [6.45, 7) is 0. The molecular formula is C15H12BrClN2O2. The van der Waals surface area contributed by atoms with Crippen molar-refractivity contribution in [3.8, 4) is 5.75 Å². The minimum absolute atomic E-state index is 0.0466. The second kappa shape index (κ2) is 7.24. The maximum absolute atomic E-state index is 11.7. The first-order valence-electron chi connectivity index (χ1n) is 6.09. The number of nitrogens with one attached hydrogen (secondary N) is 1. The van der Waals surface area contributed by atoms with Crippen LogP contribution in [0.1, 0.15) is 11.1 Å². The first kappa shape index (κ1) is 15.5. The van der Waals surface area contributed by atoms with Gasteiger partial charge in [-0.05, 0) is 35.9 Å². The minimum atomic E-state index is -0.241. The van der Waals surface area contributed by atoms with Crippen LogP contribution in [0, 0.1) is 0 Å². The molecule has 0 saturated carbocycles. The van der Waals surface area contributed by atoms with Gasteiger partial charge in [0.25, 0.3) is 0 Å². The van der Waals surface area contributed by atoms with Crippen LogP contribution in [0.2, 0.25) is 5.02 Å². The molecule has 1 amide bonds. The number of phenolic OH excluding ortho intramolecular Hbond substituents is 1. The average molecular weight is 368 g/mol. The Morgan fingerprint density at radius 1 is 1.29 bits per heavy atom. The van der Waals surface area contributed by atoms with Crippen LogP contribution < -0.4 is 5.43 Å². The minimum Gasteiger partial charge on any atom is -0.507 e. The highest BCUT2D eigenvalue weighted by molar-refractivity contribution is 9.10. The molecule has 0 aliphatic rings. The zero-order valence-corrected chi connectivity index (χ0v) is 13.2. The van der Waals surface area contributed by atoms with E-state index in [0.717, 1.165) is 10.0 Å². The molecule has 6 heteroatoms. The van der Waals surface area contributed by atoms with E-state index in [2.05, 4.69) is 26.5 Å². The lowest BCUT2D eigenvalue weighted by Gasteiger charge is -2.01. The molecule has 108 valence electrons. The summed E-state index contributed by atoms with van der Waals surface area (Å²) in [6, 6.07) is 12.0. The van der Waals surface area contributed by atoms with Crippen molar-refractivity contribution in [2.45, 2.75) is 6.42 Å². The molecule has 0 bridgehead atoms. The molecule has 0 atom stereocenters. The van der Waals surface area contributed by atoms with Gasteiger partial charge < -0.3 is 5.11 Å². The summed E-state index contributed by atoms with van der Waals surface area (Å²) in [5, 5.41) is 13.9. The highest BCUT2D eigenvalue weighted by atomic mass is 79.9. The number of nitrogens with zero attached hydrogens (tertiary/aromatic N) is 1. The number of aromatic hydroxyl groups is 1. The molecule has 2 aromatic rings. The van der Waals surface area contributed by atoms with Crippen LogP contribution in [0.4, 0.5) is 0 Å². The molecule has 0 aromatic heterocycles. The molecule has 0 aliphatic carbocycles. The van der Waals surface area contributed by atoms with Crippen molar-refractivity contribution in [2.75, 3.05) is 0 Å². The number of halogens is 2. The van der Waals surface area contributed by atoms with E-state index in [1.54, 1.807) is 12.1 Å². The number of phenols is 1. The topological polar surface area (TPSA) is 61.7 Å². The van der Waals surface area contributed by atoms with E-state index in [0.29, 0.717) is 10.6 Å². The van der Waals surface area contributed by atoms with Crippen LogP contribution in [-0.4, -0.2) is 17.2 Å². The maximum Gasteiger partial charge on any atom is 0.244 e. The SMILES string of the molecule is O=C(Cc1ccc(Br)cc1)NN=Cc1cc(Cl)ccc1O. The van der Waals surface area contributed by atoms with Gasteiger partial charge in [0.1, 0.15) is 5.75 Å². The number of rotatable bonds is 4. The Kier molecular flexibility index (Phi) is 5.36. The number of hydrogen-bond acceptors (Lipinski definition) is 3. The average Bonchev–Trinajstić information content (AvgIpc) is 2.45. The normalized spacial score (nSPS) is 10.8. The van der Waals surface area contributed by atoms with Gasteiger partial charge in [-0.2, -0.15) is 5.10 Å². The van der Waals surface area contributed by atoms with E-state index in [-0.39, 0.29) is 18.1 Å². The van der Waals surface area contributed by atoms with E-state index < -0.39 is 0 Å². The van der Waals surface area contributed by atoms with Gasteiger partial charge in [-0.3, -0.25) is 4.79 Å². The van der Waals surface area contributed by atoms with E-state index in [9.17, 15) is 9.90 Å². The lowest BCUT2D eigenvalue weighted by atomic mass is 10.1. The fourth-order valence-electron chi connectivity index (χ4n) is 1.63. The van der Waals surface area contributed by atoms with Gasteiger partial charge in [0.15, 0.2) is 0 Å². The number of benzene rings is 2. The maximum atomic E-state index is 11.7. The number of carbonyl (C=O) groups excluding carboxylic acids is 1. The second-order valence-electron chi connectivity index (χ2n) is 4.30. The zero-order valence-electron chi connectivity index (χ0n) is 10.9. The molecule has 0 aliphatic heterocycles. The third-order valence-corrected chi connectivity index (χ3v) is 3.42. The van der Waals surface area contributed by atoms with Gasteiger partial charge in [0, 0.05) is 15.1 Å². The molecule has 0 heterocycles.